The second kappa shape index (κ2) is 7.34. The van der Waals surface area contributed by atoms with E-state index in [9.17, 15) is 10.1 Å². The maximum absolute atomic E-state index is 12.4. The predicted octanol–water partition coefficient (Wildman–Crippen LogP) is 3.54. The highest BCUT2D eigenvalue weighted by Gasteiger charge is 2.35. The normalized spacial score (nSPS) is 17.8. The summed E-state index contributed by atoms with van der Waals surface area (Å²) < 4.78 is 5.20. The van der Waals surface area contributed by atoms with E-state index in [0.717, 1.165) is 15.6 Å². The molecule has 6 heteroatoms. The fraction of sp³-hybridized carbons (Fsp3) is 0.250. The number of esters is 1. The zero-order valence-corrected chi connectivity index (χ0v) is 14.0. The van der Waals surface area contributed by atoms with Gasteiger partial charge in [-0.15, -0.1) is 23.1 Å². The average molecular weight is 332 g/mol. The number of rotatable bonds is 5. The first kappa shape index (κ1) is 16.4. The molecule has 0 amide bonds. The Balaban J connectivity index is 2.52. The molecule has 0 bridgehead atoms. The summed E-state index contributed by atoms with van der Waals surface area (Å²) >= 11 is 2.99. The number of carbonyl (C=O) groups is 1. The van der Waals surface area contributed by atoms with Gasteiger partial charge in [0.1, 0.15) is 6.61 Å². The molecule has 2 rings (SSSR count). The number of thiophene rings is 1. The van der Waals surface area contributed by atoms with E-state index in [1.54, 1.807) is 0 Å². The molecule has 1 aromatic heterocycles. The standard InChI is InChI=1S/C16H16N2O2S2/c1-4-7-20-16(19)13-10(2)18-15(21-3)11(9-17)14(13)12-6-5-8-22-12/h4-6,8,14,18H,1,7H2,2-3H3/t14-/m1/s1. The van der Waals surface area contributed by atoms with E-state index in [1.165, 1.54) is 29.2 Å². The zero-order valence-electron chi connectivity index (χ0n) is 12.4. The fourth-order valence-electron chi connectivity index (χ4n) is 2.30. The van der Waals surface area contributed by atoms with Crippen LogP contribution in [0.15, 0.2) is 52.0 Å². The van der Waals surface area contributed by atoms with Crippen molar-refractivity contribution in [3.63, 3.8) is 0 Å². The lowest BCUT2D eigenvalue weighted by atomic mass is 9.87. The summed E-state index contributed by atoms with van der Waals surface area (Å²) in [5.74, 6) is -0.804. The molecule has 0 spiro atoms. The molecular weight excluding hydrogens is 316 g/mol. The monoisotopic (exact) mass is 332 g/mol. The van der Waals surface area contributed by atoms with E-state index < -0.39 is 5.97 Å². The van der Waals surface area contributed by atoms with E-state index in [1.807, 2.05) is 30.7 Å². The molecule has 0 saturated heterocycles. The highest BCUT2D eigenvalue weighted by Crippen LogP contribution is 2.41. The number of allylic oxidation sites excluding steroid dienone is 2. The average Bonchev–Trinajstić information content (AvgIpc) is 3.05. The summed E-state index contributed by atoms with van der Waals surface area (Å²) in [4.78, 5) is 13.4. The molecule has 114 valence electrons. The SMILES string of the molecule is C=CCOC(=O)C1=C(C)NC(SC)=C(C#N)[C@@H]1c1cccs1. The van der Waals surface area contributed by atoms with Gasteiger partial charge in [-0.25, -0.2) is 4.79 Å². The molecule has 0 saturated carbocycles. The second-order valence-electron chi connectivity index (χ2n) is 4.56. The minimum atomic E-state index is -0.420. The summed E-state index contributed by atoms with van der Waals surface area (Å²) in [5.41, 5.74) is 1.75. The molecule has 1 N–H and O–H groups in total. The second-order valence-corrected chi connectivity index (χ2v) is 6.35. The van der Waals surface area contributed by atoms with Crippen LogP contribution in [0.25, 0.3) is 0 Å². The predicted molar refractivity (Wildman–Crippen MR) is 90.2 cm³/mol. The summed E-state index contributed by atoms with van der Waals surface area (Å²) in [6.07, 6.45) is 3.43. The minimum Gasteiger partial charge on any atom is -0.458 e. The fourth-order valence-corrected chi connectivity index (χ4v) is 3.78. The van der Waals surface area contributed by atoms with Crippen molar-refractivity contribution < 1.29 is 9.53 Å². The van der Waals surface area contributed by atoms with Crippen molar-refractivity contribution in [2.24, 2.45) is 0 Å². The number of ether oxygens (including phenoxy) is 1. The maximum atomic E-state index is 12.4. The number of nitrogens with one attached hydrogen (secondary N) is 1. The van der Waals surface area contributed by atoms with Crippen LogP contribution >= 0.6 is 23.1 Å². The number of dihydropyridines is 1. The molecule has 1 aliphatic rings. The van der Waals surface area contributed by atoms with Gasteiger partial charge in [-0.2, -0.15) is 5.26 Å². The van der Waals surface area contributed by atoms with Crippen LogP contribution in [-0.2, 0) is 9.53 Å². The molecule has 0 aliphatic carbocycles. The lowest BCUT2D eigenvalue weighted by Gasteiger charge is -2.27. The minimum absolute atomic E-state index is 0.147. The van der Waals surface area contributed by atoms with Gasteiger partial charge in [-0.05, 0) is 24.6 Å². The summed E-state index contributed by atoms with van der Waals surface area (Å²) in [5, 5.41) is 15.4. The van der Waals surface area contributed by atoms with Gasteiger partial charge in [-0.1, -0.05) is 18.7 Å². The molecule has 0 unspecified atom stereocenters. The molecule has 1 aliphatic heterocycles. The Labute approximate surface area is 138 Å². The number of hydrogen-bond acceptors (Lipinski definition) is 6. The van der Waals surface area contributed by atoms with Gasteiger partial charge >= 0.3 is 5.97 Å². The molecule has 0 aromatic carbocycles. The Bertz CT molecular complexity index is 681. The molecule has 1 atom stereocenters. The third-order valence-corrected chi connectivity index (χ3v) is 4.90. The third kappa shape index (κ3) is 3.11. The number of carbonyl (C=O) groups excluding carboxylic acids is 1. The molecule has 0 fully saturated rings. The van der Waals surface area contributed by atoms with Crippen molar-refractivity contribution >= 4 is 29.1 Å². The van der Waals surface area contributed by atoms with Crippen molar-refractivity contribution in [1.82, 2.24) is 5.32 Å². The highest BCUT2D eigenvalue weighted by molar-refractivity contribution is 8.02. The third-order valence-electron chi connectivity index (χ3n) is 3.23. The summed E-state index contributed by atoms with van der Waals surface area (Å²) in [7, 11) is 0. The Morgan fingerprint density at radius 3 is 3.00 bits per heavy atom. The van der Waals surface area contributed by atoms with Gasteiger partial charge in [0.25, 0.3) is 0 Å². The summed E-state index contributed by atoms with van der Waals surface area (Å²) in [6, 6.07) is 6.09. The van der Waals surface area contributed by atoms with Gasteiger partial charge in [0.2, 0.25) is 0 Å². The topological polar surface area (TPSA) is 62.1 Å². The molecule has 1 aromatic rings. The van der Waals surface area contributed by atoms with E-state index in [-0.39, 0.29) is 12.5 Å². The number of hydrogen-bond donors (Lipinski definition) is 1. The van der Waals surface area contributed by atoms with Crippen molar-refractivity contribution in [1.29, 1.82) is 5.26 Å². The largest absolute Gasteiger partial charge is 0.458 e. The smallest absolute Gasteiger partial charge is 0.337 e. The van der Waals surface area contributed by atoms with Crippen LogP contribution < -0.4 is 5.32 Å². The van der Waals surface area contributed by atoms with E-state index in [0.29, 0.717) is 11.1 Å². The van der Waals surface area contributed by atoms with Crippen LogP contribution in [0.4, 0.5) is 0 Å². The highest BCUT2D eigenvalue weighted by atomic mass is 32.2. The Hall–Kier alpha value is -1.97. The van der Waals surface area contributed by atoms with Crippen LogP contribution in [0.3, 0.4) is 0 Å². The number of thioether (sulfide) groups is 1. The molecule has 2 heterocycles. The van der Waals surface area contributed by atoms with Gasteiger partial charge in [-0.3, -0.25) is 0 Å². The van der Waals surface area contributed by atoms with E-state index in [4.69, 9.17) is 4.74 Å². The number of nitrogens with zero attached hydrogens (tertiary/aromatic N) is 1. The van der Waals surface area contributed by atoms with Crippen molar-refractivity contribution in [3.8, 4) is 6.07 Å². The van der Waals surface area contributed by atoms with Crippen molar-refractivity contribution in [2.75, 3.05) is 12.9 Å². The van der Waals surface area contributed by atoms with Crippen LogP contribution in [0.5, 0.6) is 0 Å². The Morgan fingerprint density at radius 1 is 1.68 bits per heavy atom. The van der Waals surface area contributed by atoms with E-state index in [2.05, 4.69) is 18.0 Å². The first-order valence-corrected chi connectivity index (χ1v) is 8.71. The van der Waals surface area contributed by atoms with Crippen LogP contribution in [0.2, 0.25) is 0 Å². The first-order chi connectivity index (χ1) is 10.6. The van der Waals surface area contributed by atoms with Crippen LogP contribution in [-0.4, -0.2) is 18.8 Å². The lowest BCUT2D eigenvalue weighted by Crippen LogP contribution is -2.28. The molecule has 0 radical (unpaired) electrons. The Morgan fingerprint density at radius 2 is 2.45 bits per heavy atom. The van der Waals surface area contributed by atoms with Gasteiger partial charge in [0.15, 0.2) is 0 Å². The lowest BCUT2D eigenvalue weighted by molar-refractivity contribution is -0.138. The van der Waals surface area contributed by atoms with Crippen molar-refractivity contribution in [3.05, 3.63) is 56.9 Å². The van der Waals surface area contributed by atoms with Gasteiger partial charge < -0.3 is 10.1 Å². The quantitative estimate of drug-likeness (QED) is 0.660. The van der Waals surface area contributed by atoms with Crippen molar-refractivity contribution in [2.45, 2.75) is 12.8 Å². The summed E-state index contributed by atoms with van der Waals surface area (Å²) in [6.45, 7) is 5.53. The molecule has 4 nitrogen and oxygen atoms in total. The zero-order chi connectivity index (χ0) is 16.1. The maximum Gasteiger partial charge on any atom is 0.337 e. The van der Waals surface area contributed by atoms with Gasteiger partial charge in [0.05, 0.1) is 28.2 Å². The molecular formula is C16H16N2O2S2. The van der Waals surface area contributed by atoms with Crippen LogP contribution in [0.1, 0.15) is 17.7 Å². The van der Waals surface area contributed by atoms with E-state index >= 15 is 0 Å². The Kier molecular flexibility index (Phi) is 5.47. The first-order valence-electron chi connectivity index (χ1n) is 6.61. The number of nitriles is 1. The van der Waals surface area contributed by atoms with Crippen LogP contribution in [0, 0.1) is 11.3 Å². The molecule has 22 heavy (non-hydrogen) atoms. The van der Waals surface area contributed by atoms with Gasteiger partial charge in [0, 0.05) is 10.6 Å².